The molecule has 0 amide bonds. The van der Waals surface area contributed by atoms with Gasteiger partial charge in [-0.25, -0.2) is 4.79 Å². The summed E-state index contributed by atoms with van der Waals surface area (Å²) in [5.74, 6) is -0.351. The highest BCUT2D eigenvalue weighted by Gasteiger charge is 2.41. The molecular formula is C15H26O5. The molecule has 1 rings (SSSR count). The summed E-state index contributed by atoms with van der Waals surface area (Å²) >= 11 is 0. The zero-order chi connectivity index (χ0) is 14.8. The monoisotopic (exact) mass is 286 g/mol. The molecule has 20 heavy (non-hydrogen) atoms. The molecule has 1 fully saturated rings. The van der Waals surface area contributed by atoms with E-state index < -0.39 is 11.6 Å². The zero-order valence-corrected chi connectivity index (χ0v) is 12.6. The maximum atomic E-state index is 11.9. The largest absolute Gasteiger partial charge is 0.508 e. The van der Waals surface area contributed by atoms with Crippen LogP contribution < -0.4 is 0 Å². The van der Waals surface area contributed by atoms with Crippen LogP contribution in [0.15, 0.2) is 0 Å². The number of hydrogen-bond donors (Lipinski definition) is 0. The van der Waals surface area contributed by atoms with Crippen molar-refractivity contribution in [1.82, 2.24) is 0 Å². The molecular weight excluding hydrogens is 260 g/mol. The van der Waals surface area contributed by atoms with Gasteiger partial charge < -0.3 is 14.2 Å². The first-order valence-electron chi connectivity index (χ1n) is 7.55. The van der Waals surface area contributed by atoms with Crippen molar-refractivity contribution in [3.63, 3.8) is 0 Å². The minimum atomic E-state index is -0.866. The van der Waals surface area contributed by atoms with E-state index in [0.29, 0.717) is 6.61 Å². The van der Waals surface area contributed by atoms with Gasteiger partial charge in [0.1, 0.15) is 18.6 Å². The van der Waals surface area contributed by atoms with Gasteiger partial charge in [0.2, 0.25) is 0 Å². The number of ether oxygens (including phenoxy) is 3. The summed E-state index contributed by atoms with van der Waals surface area (Å²) in [6, 6.07) is 0. The second-order valence-electron chi connectivity index (χ2n) is 5.65. The molecule has 1 saturated heterocycles. The van der Waals surface area contributed by atoms with Crippen LogP contribution in [0.1, 0.15) is 58.8 Å². The maximum Gasteiger partial charge on any atom is 0.508 e. The molecule has 0 aromatic rings. The first kappa shape index (κ1) is 16.8. The van der Waals surface area contributed by atoms with Crippen LogP contribution in [0.3, 0.4) is 0 Å². The second-order valence-corrected chi connectivity index (χ2v) is 5.65. The van der Waals surface area contributed by atoms with Crippen molar-refractivity contribution in [2.75, 3.05) is 19.8 Å². The standard InChI is InChI=1S/C15H26O5/c1-3-4-5-6-7-8-9-10-18-13(16)15(2)11-19-14(17)20-12-15/h3-12H2,1-2H3. The normalized spacial score (nSPS) is 17.2. The molecule has 0 unspecified atom stereocenters. The molecule has 5 nitrogen and oxygen atoms in total. The molecule has 0 saturated carbocycles. The fraction of sp³-hybridized carbons (Fsp3) is 0.867. The molecule has 116 valence electrons. The summed E-state index contributed by atoms with van der Waals surface area (Å²) in [6.07, 6.45) is 7.53. The minimum Gasteiger partial charge on any atom is -0.465 e. The Hall–Kier alpha value is -1.26. The number of cyclic esters (lactones) is 2. The van der Waals surface area contributed by atoms with Gasteiger partial charge in [0.05, 0.1) is 6.61 Å². The van der Waals surface area contributed by atoms with Crippen LogP contribution in [0.2, 0.25) is 0 Å². The number of hydrogen-bond acceptors (Lipinski definition) is 5. The van der Waals surface area contributed by atoms with E-state index in [-0.39, 0.29) is 19.2 Å². The Labute approximate surface area is 121 Å². The van der Waals surface area contributed by atoms with Crippen LogP contribution in [0.5, 0.6) is 0 Å². The number of carbonyl (C=O) groups excluding carboxylic acids is 2. The maximum absolute atomic E-state index is 11.9. The van der Waals surface area contributed by atoms with E-state index in [1.54, 1.807) is 6.92 Å². The predicted octanol–water partition coefficient (Wildman–Crippen LogP) is 3.45. The average molecular weight is 286 g/mol. The number of esters is 1. The van der Waals surface area contributed by atoms with Gasteiger partial charge in [-0.1, -0.05) is 45.4 Å². The van der Waals surface area contributed by atoms with Crippen molar-refractivity contribution < 1.29 is 23.8 Å². The summed E-state index contributed by atoms with van der Waals surface area (Å²) in [5.41, 5.74) is -0.866. The quantitative estimate of drug-likeness (QED) is 0.480. The Morgan fingerprint density at radius 1 is 1.10 bits per heavy atom. The average Bonchev–Trinajstić information content (AvgIpc) is 2.45. The van der Waals surface area contributed by atoms with Crippen LogP contribution in [0.25, 0.3) is 0 Å². The van der Waals surface area contributed by atoms with Crippen molar-refractivity contribution in [1.29, 1.82) is 0 Å². The number of carbonyl (C=O) groups is 2. The van der Waals surface area contributed by atoms with E-state index in [4.69, 9.17) is 14.2 Å². The van der Waals surface area contributed by atoms with Crippen LogP contribution in [-0.4, -0.2) is 31.9 Å². The molecule has 0 aromatic heterocycles. The van der Waals surface area contributed by atoms with Gasteiger partial charge in [-0.15, -0.1) is 0 Å². The summed E-state index contributed by atoms with van der Waals surface area (Å²) in [7, 11) is 0. The van der Waals surface area contributed by atoms with E-state index in [0.717, 1.165) is 12.8 Å². The Morgan fingerprint density at radius 3 is 2.25 bits per heavy atom. The van der Waals surface area contributed by atoms with Crippen LogP contribution in [-0.2, 0) is 19.0 Å². The SMILES string of the molecule is CCCCCCCCCOC(=O)C1(C)COC(=O)OC1. The predicted molar refractivity (Wildman–Crippen MR) is 74.4 cm³/mol. The van der Waals surface area contributed by atoms with Crippen LogP contribution in [0, 0.1) is 5.41 Å². The molecule has 1 aliphatic heterocycles. The van der Waals surface area contributed by atoms with Crippen molar-refractivity contribution in [2.24, 2.45) is 5.41 Å². The molecule has 0 aromatic carbocycles. The van der Waals surface area contributed by atoms with Gasteiger partial charge in [-0.3, -0.25) is 4.79 Å². The fourth-order valence-electron chi connectivity index (χ4n) is 2.04. The lowest BCUT2D eigenvalue weighted by atomic mass is 9.93. The van der Waals surface area contributed by atoms with Crippen molar-refractivity contribution in [2.45, 2.75) is 58.8 Å². The number of rotatable bonds is 9. The second kappa shape index (κ2) is 8.82. The smallest absolute Gasteiger partial charge is 0.465 e. The van der Waals surface area contributed by atoms with Crippen molar-refractivity contribution >= 4 is 12.1 Å². The fourth-order valence-corrected chi connectivity index (χ4v) is 2.04. The Balaban J connectivity index is 2.06. The van der Waals surface area contributed by atoms with Gasteiger partial charge in [-0.05, 0) is 13.3 Å². The lowest BCUT2D eigenvalue weighted by Gasteiger charge is -2.29. The summed E-state index contributed by atoms with van der Waals surface area (Å²) in [4.78, 5) is 22.7. The van der Waals surface area contributed by atoms with Gasteiger partial charge in [0.15, 0.2) is 0 Å². The van der Waals surface area contributed by atoms with Crippen molar-refractivity contribution in [3.05, 3.63) is 0 Å². The lowest BCUT2D eigenvalue weighted by molar-refractivity contribution is -0.166. The van der Waals surface area contributed by atoms with Gasteiger partial charge in [-0.2, -0.15) is 0 Å². The van der Waals surface area contributed by atoms with Gasteiger partial charge in [0, 0.05) is 0 Å². The highest BCUT2D eigenvalue weighted by atomic mass is 16.7. The molecule has 0 aliphatic carbocycles. The third kappa shape index (κ3) is 5.80. The third-order valence-electron chi connectivity index (χ3n) is 3.49. The molecule has 0 bridgehead atoms. The van der Waals surface area contributed by atoms with Crippen molar-refractivity contribution in [3.8, 4) is 0 Å². The van der Waals surface area contributed by atoms with Crippen LogP contribution in [0.4, 0.5) is 4.79 Å². The first-order valence-corrected chi connectivity index (χ1v) is 7.55. The molecule has 0 spiro atoms. The topological polar surface area (TPSA) is 61.8 Å². The molecule has 1 aliphatic rings. The molecule has 5 heteroatoms. The Kier molecular flexibility index (Phi) is 7.41. The highest BCUT2D eigenvalue weighted by Crippen LogP contribution is 2.24. The summed E-state index contributed by atoms with van der Waals surface area (Å²) in [6.45, 7) is 4.37. The van der Waals surface area contributed by atoms with E-state index in [2.05, 4.69) is 6.92 Å². The van der Waals surface area contributed by atoms with Crippen LogP contribution >= 0.6 is 0 Å². The number of unbranched alkanes of at least 4 members (excludes halogenated alkanes) is 6. The van der Waals surface area contributed by atoms with E-state index in [1.165, 1.54) is 32.1 Å². The van der Waals surface area contributed by atoms with E-state index in [9.17, 15) is 9.59 Å². The molecule has 1 heterocycles. The van der Waals surface area contributed by atoms with E-state index in [1.807, 2.05) is 0 Å². The van der Waals surface area contributed by atoms with Gasteiger partial charge >= 0.3 is 12.1 Å². The first-order chi connectivity index (χ1) is 9.58. The highest BCUT2D eigenvalue weighted by molar-refractivity contribution is 5.78. The molecule has 0 atom stereocenters. The molecule has 0 N–H and O–H groups in total. The minimum absolute atomic E-state index is 0.0294. The Bertz CT molecular complexity index is 303. The molecule has 0 radical (unpaired) electrons. The van der Waals surface area contributed by atoms with Gasteiger partial charge in [0.25, 0.3) is 0 Å². The third-order valence-corrected chi connectivity index (χ3v) is 3.49. The van der Waals surface area contributed by atoms with E-state index >= 15 is 0 Å². The summed E-state index contributed by atoms with van der Waals surface area (Å²) < 4.78 is 14.7. The lowest BCUT2D eigenvalue weighted by Crippen LogP contribution is -2.44. The zero-order valence-electron chi connectivity index (χ0n) is 12.6. The Morgan fingerprint density at radius 2 is 1.65 bits per heavy atom. The summed E-state index contributed by atoms with van der Waals surface area (Å²) in [5, 5.41) is 0.